The number of nitrogens with one attached hydrogen (secondary N) is 1. The Hall–Kier alpha value is -2.51. The van der Waals surface area contributed by atoms with Gasteiger partial charge in [-0.15, -0.1) is 11.3 Å². The van der Waals surface area contributed by atoms with Crippen LogP contribution in [0.25, 0.3) is 11.3 Å². The van der Waals surface area contributed by atoms with Gasteiger partial charge in [0.25, 0.3) is 0 Å². The van der Waals surface area contributed by atoms with Gasteiger partial charge < -0.3 is 15.2 Å². The molecule has 1 aromatic heterocycles. The summed E-state index contributed by atoms with van der Waals surface area (Å²) in [5.41, 5.74) is 2.91. The van der Waals surface area contributed by atoms with Gasteiger partial charge in [-0.05, 0) is 6.92 Å². The predicted octanol–water partition coefficient (Wildman–Crippen LogP) is 2.71. The quantitative estimate of drug-likeness (QED) is 0.823. The van der Waals surface area contributed by atoms with Gasteiger partial charge in [0.1, 0.15) is 5.92 Å². The molecule has 2 bridgehead atoms. The molecule has 0 radical (unpaired) electrons. The van der Waals surface area contributed by atoms with Gasteiger partial charge >= 0.3 is 5.97 Å². The van der Waals surface area contributed by atoms with Crippen LogP contribution in [0.3, 0.4) is 0 Å². The summed E-state index contributed by atoms with van der Waals surface area (Å²) in [4.78, 5) is 28.5. The molecule has 0 unspecified atom stereocenters. The molecule has 3 heterocycles. The molecule has 2 aliphatic rings. The number of amides is 1. The lowest BCUT2D eigenvalue weighted by Gasteiger charge is -2.20. The second kappa shape index (κ2) is 6.09. The average Bonchev–Trinajstić information content (AvgIpc) is 3.30. The number of anilines is 1. The van der Waals surface area contributed by atoms with Gasteiger partial charge in [0.15, 0.2) is 5.13 Å². The molecule has 128 valence electrons. The van der Waals surface area contributed by atoms with E-state index >= 15 is 0 Å². The third-order valence-corrected chi connectivity index (χ3v) is 5.33. The van der Waals surface area contributed by atoms with Crippen LogP contribution < -0.4 is 5.32 Å². The molecule has 2 aromatic rings. The van der Waals surface area contributed by atoms with Crippen molar-refractivity contribution in [3.8, 4) is 11.3 Å². The first-order chi connectivity index (χ1) is 12.0. The topological polar surface area (TPSA) is 88.5 Å². The number of nitrogens with zero attached hydrogens (tertiary/aromatic N) is 1. The van der Waals surface area contributed by atoms with Crippen molar-refractivity contribution in [3.63, 3.8) is 0 Å². The highest BCUT2D eigenvalue weighted by Crippen LogP contribution is 2.40. The number of carbonyl (C=O) groups excluding carboxylic acids is 1. The molecule has 25 heavy (non-hydrogen) atoms. The van der Waals surface area contributed by atoms with Crippen molar-refractivity contribution < 1.29 is 19.4 Å². The summed E-state index contributed by atoms with van der Waals surface area (Å²) in [6, 6.07) is 7.96. The second-order valence-electron chi connectivity index (χ2n) is 6.23. The highest BCUT2D eigenvalue weighted by molar-refractivity contribution is 7.14. The van der Waals surface area contributed by atoms with E-state index < -0.39 is 30.0 Å². The van der Waals surface area contributed by atoms with Gasteiger partial charge in [0, 0.05) is 10.9 Å². The van der Waals surface area contributed by atoms with E-state index in [0.29, 0.717) is 5.13 Å². The maximum absolute atomic E-state index is 12.6. The van der Waals surface area contributed by atoms with Crippen molar-refractivity contribution in [2.24, 2.45) is 11.8 Å². The number of rotatable bonds is 4. The first-order valence-electron chi connectivity index (χ1n) is 7.93. The van der Waals surface area contributed by atoms with Crippen LogP contribution >= 0.6 is 11.3 Å². The maximum Gasteiger partial charge on any atom is 0.310 e. The Morgan fingerprint density at radius 3 is 2.52 bits per heavy atom. The molecule has 4 rings (SSSR count). The zero-order valence-electron chi connectivity index (χ0n) is 13.4. The van der Waals surface area contributed by atoms with Crippen molar-refractivity contribution in [2.75, 3.05) is 5.32 Å². The van der Waals surface area contributed by atoms with Crippen LogP contribution in [0.4, 0.5) is 5.13 Å². The molecular formula is C18H16N2O4S. The van der Waals surface area contributed by atoms with E-state index in [9.17, 15) is 14.7 Å². The number of carboxylic acid groups (broad SMARTS) is 1. The van der Waals surface area contributed by atoms with Crippen molar-refractivity contribution in [2.45, 2.75) is 19.1 Å². The summed E-state index contributed by atoms with van der Waals surface area (Å²) in [7, 11) is 0. The number of aromatic nitrogens is 1. The third kappa shape index (κ3) is 2.85. The van der Waals surface area contributed by atoms with Crippen molar-refractivity contribution in [1.82, 2.24) is 4.98 Å². The molecule has 1 amide bonds. The summed E-state index contributed by atoms with van der Waals surface area (Å²) in [5, 5.41) is 14.5. The number of carbonyl (C=O) groups is 2. The summed E-state index contributed by atoms with van der Waals surface area (Å²) in [6.07, 6.45) is 2.46. The van der Waals surface area contributed by atoms with Gasteiger partial charge in [-0.1, -0.05) is 42.0 Å². The van der Waals surface area contributed by atoms with Gasteiger partial charge in [0.2, 0.25) is 5.91 Å². The predicted molar refractivity (Wildman–Crippen MR) is 93.3 cm³/mol. The Morgan fingerprint density at radius 2 is 1.84 bits per heavy atom. The Bertz CT molecular complexity index is 858. The third-order valence-electron chi connectivity index (χ3n) is 4.57. The van der Waals surface area contributed by atoms with Crippen LogP contribution in [0.1, 0.15) is 5.56 Å². The van der Waals surface area contributed by atoms with Crippen molar-refractivity contribution >= 4 is 28.3 Å². The molecule has 1 saturated heterocycles. The molecule has 4 atom stereocenters. The number of ether oxygens (including phenoxy) is 1. The highest BCUT2D eigenvalue weighted by Gasteiger charge is 2.53. The fourth-order valence-corrected chi connectivity index (χ4v) is 4.01. The summed E-state index contributed by atoms with van der Waals surface area (Å²) in [6.45, 7) is 2.02. The van der Waals surface area contributed by atoms with E-state index in [1.807, 2.05) is 36.6 Å². The molecule has 0 spiro atoms. The van der Waals surface area contributed by atoms with Crippen molar-refractivity contribution in [1.29, 1.82) is 0 Å². The number of thiazole rings is 1. The first-order valence-corrected chi connectivity index (χ1v) is 8.81. The fraction of sp³-hybridized carbons (Fsp3) is 0.278. The number of fused-ring (bicyclic) bond motifs is 2. The van der Waals surface area contributed by atoms with Gasteiger partial charge in [-0.3, -0.25) is 9.59 Å². The second-order valence-corrected chi connectivity index (χ2v) is 7.09. The van der Waals surface area contributed by atoms with Crippen LogP contribution in [-0.4, -0.2) is 34.2 Å². The van der Waals surface area contributed by atoms with Crippen LogP contribution in [0.5, 0.6) is 0 Å². The number of hydrogen-bond acceptors (Lipinski definition) is 5. The Labute approximate surface area is 148 Å². The molecular weight excluding hydrogens is 340 g/mol. The van der Waals surface area contributed by atoms with Crippen LogP contribution in [0.15, 0.2) is 41.8 Å². The summed E-state index contributed by atoms with van der Waals surface area (Å²) in [5.74, 6) is -2.98. The zero-order valence-corrected chi connectivity index (χ0v) is 14.2. The van der Waals surface area contributed by atoms with E-state index in [1.54, 1.807) is 12.2 Å². The Kier molecular flexibility index (Phi) is 3.89. The van der Waals surface area contributed by atoms with E-state index in [1.165, 1.54) is 11.3 Å². The lowest BCUT2D eigenvalue weighted by Crippen LogP contribution is -2.39. The fourth-order valence-electron chi connectivity index (χ4n) is 3.29. The van der Waals surface area contributed by atoms with E-state index in [0.717, 1.165) is 16.8 Å². The number of aryl methyl sites for hydroxylation is 1. The molecule has 2 N–H and O–H groups in total. The van der Waals surface area contributed by atoms with Gasteiger partial charge in [-0.25, -0.2) is 4.98 Å². The molecule has 7 heteroatoms. The smallest absolute Gasteiger partial charge is 0.310 e. The SMILES string of the molecule is Cc1ccc(-c2csc(NC(=O)[C@H]3[C@@H](C(=O)O)[C@H]4C=C[C@@H]3O4)n2)cc1. The molecule has 1 fully saturated rings. The minimum absolute atomic E-state index is 0.367. The number of hydrogen-bond donors (Lipinski definition) is 2. The molecule has 6 nitrogen and oxygen atoms in total. The monoisotopic (exact) mass is 356 g/mol. The number of carboxylic acids is 1. The van der Waals surface area contributed by atoms with Gasteiger partial charge in [0.05, 0.1) is 23.8 Å². The standard InChI is InChI=1S/C18H16N2O4S/c1-9-2-4-10(5-3-9)11-8-25-18(19-11)20-16(21)14-12-6-7-13(24-12)15(14)17(22)23/h2-8,12-15H,1H3,(H,22,23)(H,19,20,21)/t12-,13+,14+,15-/m0/s1. The van der Waals surface area contributed by atoms with Crippen molar-refractivity contribution in [3.05, 3.63) is 47.4 Å². The van der Waals surface area contributed by atoms with Crippen LogP contribution in [0, 0.1) is 18.8 Å². The summed E-state index contributed by atoms with van der Waals surface area (Å²) < 4.78 is 5.53. The van der Waals surface area contributed by atoms with E-state index in [-0.39, 0.29) is 5.91 Å². The molecule has 2 aliphatic heterocycles. The van der Waals surface area contributed by atoms with E-state index in [2.05, 4.69) is 10.3 Å². The largest absolute Gasteiger partial charge is 0.481 e. The van der Waals surface area contributed by atoms with Crippen LogP contribution in [-0.2, 0) is 14.3 Å². The van der Waals surface area contributed by atoms with Crippen LogP contribution in [0.2, 0.25) is 0 Å². The Morgan fingerprint density at radius 1 is 1.16 bits per heavy atom. The Balaban J connectivity index is 1.51. The molecule has 0 saturated carbocycles. The molecule has 0 aliphatic carbocycles. The zero-order chi connectivity index (χ0) is 17.6. The normalized spacial score (nSPS) is 26.8. The lowest BCUT2D eigenvalue weighted by atomic mass is 9.82. The average molecular weight is 356 g/mol. The van der Waals surface area contributed by atoms with E-state index in [4.69, 9.17) is 4.74 Å². The number of benzene rings is 1. The molecule has 1 aromatic carbocycles. The lowest BCUT2D eigenvalue weighted by molar-refractivity contribution is -0.145. The minimum atomic E-state index is -1.02. The maximum atomic E-state index is 12.6. The minimum Gasteiger partial charge on any atom is -0.481 e. The first kappa shape index (κ1) is 16.0. The summed E-state index contributed by atoms with van der Waals surface area (Å²) >= 11 is 1.32. The highest BCUT2D eigenvalue weighted by atomic mass is 32.1. The number of aliphatic carboxylic acids is 1. The van der Waals surface area contributed by atoms with Gasteiger partial charge in [-0.2, -0.15) is 0 Å².